The second kappa shape index (κ2) is 7.79. The zero-order chi connectivity index (χ0) is 16.8. The fourth-order valence-electron chi connectivity index (χ4n) is 1.57. The molecule has 1 amide bonds. The van der Waals surface area contributed by atoms with Crippen molar-refractivity contribution in [2.24, 2.45) is 0 Å². The number of amides is 1. The predicted molar refractivity (Wildman–Crippen MR) is 70.9 cm³/mol. The summed E-state index contributed by atoms with van der Waals surface area (Å²) < 4.78 is 43.3. The molecule has 0 spiro atoms. The molecular formula is C14H16F3NO4. The number of hydrogen-bond donors (Lipinski definition) is 2. The lowest BCUT2D eigenvalue weighted by Crippen LogP contribution is -2.42. The molecule has 0 aliphatic heterocycles. The van der Waals surface area contributed by atoms with Gasteiger partial charge in [-0.05, 0) is 12.5 Å². The van der Waals surface area contributed by atoms with Crippen molar-refractivity contribution < 1.29 is 32.6 Å². The molecule has 0 bridgehead atoms. The van der Waals surface area contributed by atoms with E-state index in [1.165, 1.54) is 0 Å². The zero-order valence-corrected chi connectivity index (χ0v) is 11.8. The van der Waals surface area contributed by atoms with Crippen LogP contribution in [0.2, 0.25) is 0 Å². The molecule has 1 rings (SSSR count). The Morgan fingerprint density at radius 2 is 1.86 bits per heavy atom. The van der Waals surface area contributed by atoms with Gasteiger partial charge in [-0.3, -0.25) is 9.59 Å². The molecule has 1 unspecified atom stereocenters. The second-order valence-corrected chi connectivity index (χ2v) is 4.66. The number of benzene rings is 1. The van der Waals surface area contributed by atoms with E-state index in [0.29, 0.717) is 5.56 Å². The molecule has 0 heterocycles. The second-order valence-electron chi connectivity index (χ2n) is 4.66. The van der Waals surface area contributed by atoms with E-state index in [2.05, 4.69) is 0 Å². The van der Waals surface area contributed by atoms with Crippen LogP contribution in [-0.4, -0.2) is 35.3 Å². The summed E-state index contributed by atoms with van der Waals surface area (Å²) in [5, 5.41) is 10.6. The molecule has 1 aromatic rings. The van der Waals surface area contributed by atoms with Gasteiger partial charge in [0.2, 0.25) is 5.91 Å². The zero-order valence-electron chi connectivity index (χ0n) is 11.8. The Bertz CT molecular complexity index is 505. The number of carbonyl (C=O) groups is 2. The molecule has 122 valence electrons. The van der Waals surface area contributed by atoms with Crippen LogP contribution in [-0.2, 0) is 20.9 Å². The number of rotatable bonds is 7. The smallest absolute Gasteiger partial charge is 0.415 e. The van der Waals surface area contributed by atoms with Crippen LogP contribution in [0, 0.1) is 0 Å². The Labute approximate surface area is 125 Å². The first kappa shape index (κ1) is 18.0. The Balaban J connectivity index is 2.61. The minimum Gasteiger partial charge on any atom is -0.480 e. The molecule has 0 radical (unpaired) electrons. The molecule has 0 saturated heterocycles. The molecular weight excluding hydrogens is 303 g/mol. The number of carbonyl (C=O) groups excluding carboxylic acids is 1. The van der Waals surface area contributed by atoms with Crippen molar-refractivity contribution in [2.45, 2.75) is 38.3 Å². The summed E-state index contributed by atoms with van der Waals surface area (Å²) in [7, 11) is 0. The summed E-state index contributed by atoms with van der Waals surface area (Å²) in [4.78, 5) is 22.0. The number of hydrogen-bond acceptors (Lipinski definition) is 3. The molecule has 5 nitrogen and oxygen atoms in total. The first-order valence-corrected chi connectivity index (χ1v) is 6.44. The van der Waals surface area contributed by atoms with Gasteiger partial charge in [-0.25, -0.2) is 0 Å². The first-order valence-electron chi connectivity index (χ1n) is 6.44. The van der Waals surface area contributed by atoms with Gasteiger partial charge in [0.05, 0.1) is 13.0 Å². The van der Waals surface area contributed by atoms with Crippen molar-refractivity contribution >= 4 is 11.9 Å². The Kier molecular flexibility index (Phi) is 6.36. The summed E-state index contributed by atoms with van der Waals surface area (Å²) in [5.74, 6) is -2.37. The molecule has 0 fully saturated rings. The highest BCUT2D eigenvalue weighted by atomic mass is 19.4. The van der Waals surface area contributed by atoms with Crippen LogP contribution < -0.4 is 5.32 Å². The van der Waals surface area contributed by atoms with E-state index in [9.17, 15) is 22.8 Å². The molecule has 1 aromatic carbocycles. The molecule has 0 aliphatic carbocycles. The largest absolute Gasteiger partial charge is 0.480 e. The van der Waals surface area contributed by atoms with Crippen molar-refractivity contribution in [1.29, 1.82) is 0 Å². The Morgan fingerprint density at radius 3 is 2.36 bits per heavy atom. The van der Waals surface area contributed by atoms with Crippen molar-refractivity contribution in [1.82, 2.24) is 5.32 Å². The third-order valence-corrected chi connectivity index (χ3v) is 2.78. The monoisotopic (exact) mass is 319 g/mol. The number of nitrogens with one attached hydrogen (secondary N) is 1. The fraction of sp³-hybridized carbons (Fsp3) is 0.429. The van der Waals surface area contributed by atoms with Gasteiger partial charge in [0, 0.05) is 0 Å². The van der Waals surface area contributed by atoms with Crippen molar-refractivity contribution in [3.05, 3.63) is 35.9 Å². The lowest BCUT2D eigenvalue weighted by molar-refractivity contribution is -0.225. The predicted octanol–water partition coefficient (Wildman–Crippen LogP) is 2.11. The molecule has 0 aliphatic rings. The fourth-order valence-corrected chi connectivity index (χ4v) is 1.57. The van der Waals surface area contributed by atoms with E-state index in [-0.39, 0.29) is 6.61 Å². The van der Waals surface area contributed by atoms with E-state index < -0.39 is 36.6 Å². The maximum Gasteiger partial charge on any atom is 0.415 e. The lowest BCUT2D eigenvalue weighted by Gasteiger charge is -2.21. The van der Waals surface area contributed by atoms with Crippen LogP contribution in [0.4, 0.5) is 13.2 Å². The van der Waals surface area contributed by atoms with Gasteiger partial charge in [0.15, 0.2) is 6.10 Å². The summed E-state index contributed by atoms with van der Waals surface area (Å²) in [6, 6.07) is 6.95. The number of carboxylic acid groups (broad SMARTS) is 1. The summed E-state index contributed by atoms with van der Waals surface area (Å²) in [5.41, 5.74) is 0.538. The molecule has 0 aromatic heterocycles. The minimum atomic E-state index is -4.72. The van der Waals surface area contributed by atoms with Crippen LogP contribution in [0.3, 0.4) is 0 Å². The third kappa shape index (κ3) is 6.13. The van der Waals surface area contributed by atoms with Crippen LogP contribution in [0.25, 0.3) is 0 Å². The standard InChI is InChI=1S/C14H16F3NO4/c1-9(13(20)21)18-12(19)7-11(14(15,16)17)22-8-10-5-3-2-4-6-10/h2-6,9,11H,7-8H2,1H3,(H,18,19)(H,20,21)/t9-,11?/m0/s1. The molecule has 2 N–H and O–H groups in total. The van der Waals surface area contributed by atoms with Gasteiger partial charge < -0.3 is 15.2 Å². The van der Waals surface area contributed by atoms with Gasteiger partial charge in [-0.2, -0.15) is 13.2 Å². The van der Waals surface area contributed by atoms with E-state index in [4.69, 9.17) is 9.84 Å². The normalized spacial score (nSPS) is 14.2. The average Bonchev–Trinajstić information content (AvgIpc) is 2.43. The molecule has 8 heteroatoms. The van der Waals surface area contributed by atoms with Gasteiger partial charge in [-0.1, -0.05) is 30.3 Å². The Morgan fingerprint density at radius 1 is 1.27 bits per heavy atom. The highest BCUT2D eigenvalue weighted by Gasteiger charge is 2.42. The number of halogens is 3. The molecule has 2 atom stereocenters. The van der Waals surface area contributed by atoms with Crippen molar-refractivity contribution in [2.75, 3.05) is 0 Å². The third-order valence-electron chi connectivity index (χ3n) is 2.78. The first-order chi connectivity index (χ1) is 10.2. The van der Waals surface area contributed by atoms with Crippen LogP contribution in [0.5, 0.6) is 0 Å². The maximum absolute atomic E-state index is 12.9. The summed E-state index contributed by atoms with van der Waals surface area (Å²) in [6.45, 7) is 0.862. The molecule has 22 heavy (non-hydrogen) atoms. The van der Waals surface area contributed by atoms with Crippen LogP contribution in [0.15, 0.2) is 30.3 Å². The van der Waals surface area contributed by atoms with Crippen LogP contribution >= 0.6 is 0 Å². The van der Waals surface area contributed by atoms with Crippen molar-refractivity contribution in [3.8, 4) is 0 Å². The van der Waals surface area contributed by atoms with E-state index in [1.54, 1.807) is 30.3 Å². The average molecular weight is 319 g/mol. The number of ether oxygens (including phenoxy) is 1. The van der Waals surface area contributed by atoms with E-state index in [1.807, 2.05) is 5.32 Å². The van der Waals surface area contributed by atoms with Gasteiger partial charge >= 0.3 is 12.1 Å². The topological polar surface area (TPSA) is 75.6 Å². The highest BCUT2D eigenvalue weighted by molar-refractivity contribution is 5.83. The van der Waals surface area contributed by atoms with Gasteiger partial charge in [-0.15, -0.1) is 0 Å². The number of aliphatic carboxylic acids is 1. The number of alkyl halides is 3. The lowest BCUT2D eigenvalue weighted by atomic mass is 10.2. The van der Waals surface area contributed by atoms with Crippen LogP contribution in [0.1, 0.15) is 18.9 Å². The Hall–Kier alpha value is -2.09. The quantitative estimate of drug-likeness (QED) is 0.807. The SMILES string of the molecule is C[C@H](NC(=O)CC(OCc1ccccc1)C(F)(F)F)C(=O)O. The summed E-state index contributed by atoms with van der Waals surface area (Å²) in [6.07, 6.45) is -8.01. The van der Waals surface area contributed by atoms with Crippen molar-refractivity contribution in [3.63, 3.8) is 0 Å². The van der Waals surface area contributed by atoms with Gasteiger partial charge in [0.1, 0.15) is 6.04 Å². The van der Waals surface area contributed by atoms with E-state index in [0.717, 1.165) is 6.92 Å². The van der Waals surface area contributed by atoms with Gasteiger partial charge in [0.25, 0.3) is 0 Å². The highest BCUT2D eigenvalue weighted by Crippen LogP contribution is 2.26. The molecule has 0 saturated carbocycles. The van der Waals surface area contributed by atoms with E-state index >= 15 is 0 Å². The maximum atomic E-state index is 12.9. The minimum absolute atomic E-state index is 0.299. The summed E-state index contributed by atoms with van der Waals surface area (Å²) >= 11 is 0. The number of carboxylic acids is 1.